The summed E-state index contributed by atoms with van der Waals surface area (Å²) in [5.41, 5.74) is 0.567. The number of hydrogen-bond donors (Lipinski definition) is 1. The van der Waals surface area contributed by atoms with E-state index in [0.29, 0.717) is 18.6 Å². The Morgan fingerprint density at radius 3 is 3.15 bits per heavy atom. The molecule has 1 aliphatic rings. The second kappa shape index (κ2) is 3.34. The molecule has 1 heterocycles. The topological polar surface area (TPSA) is 29.5 Å². The first-order chi connectivity index (χ1) is 6.29. The third-order valence-electron chi connectivity index (χ3n) is 2.22. The van der Waals surface area contributed by atoms with Crippen molar-refractivity contribution in [2.75, 3.05) is 6.61 Å². The normalized spacial score (nSPS) is 21.5. The van der Waals surface area contributed by atoms with Gasteiger partial charge >= 0.3 is 0 Å². The number of ether oxygens (including phenoxy) is 1. The molecule has 13 heavy (non-hydrogen) atoms. The lowest BCUT2D eigenvalue weighted by Gasteiger charge is -2.10. The smallest absolute Gasteiger partial charge is 0.165 e. The van der Waals surface area contributed by atoms with Crippen LogP contribution in [0.25, 0.3) is 0 Å². The van der Waals surface area contributed by atoms with E-state index < -0.39 is 11.9 Å². The van der Waals surface area contributed by atoms with Crippen molar-refractivity contribution in [3.05, 3.63) is 29.6 Å². The average Bonchev–Trinajstić information content (AvgIpc) is 2.30. The molecule has 1 aromatic rings. The number of rotatable bonds is 0. The van der Waals surface area contributed by atoms with E-state index in [9.17, 15) is 9.50 Å². The molecule has 0 aliphatic carbocycles. The number of fused-ring (bicyclic) bond motifs is 1. The molecule has 1 unspecified atom stereocenters. The van der Waals surface area contributed by atoms with E-state index in [1.165, 1.54) is 6.07 Å². The van der Waals surface area contributed by atoms with Gasteiger partial charge in [-0.3, -0.25) is 0 Å². The first-order valence-electron chi connectivity index (χ1n) is 4.38. The zero-order chi connectivity index (χ0) is 9.26. The van der Waals surface area contributed by atoms with Crippen molar-refractivity contribution in [1.82, 2.24) is 0 Å². The van der Waals surface area contributed by atoms with Crippen molar-refractivity contribution in [2.24, 2.45) is 0 Å². The maximum Gasteiger partial charge on any atom is 0.165 e. The van der Waals surface area contributed by atoms with Crippen molar-refractivity contribution in [1.29, 1.82) is 0 Å². The minimum absolute atomic E-state index is 0.215. The Hall–Kier alpha value is -1.09. The van der Waals surface area contributed by atoms with Crippen LogP contribution >= 0.6 is 0 Å². The van der Waals surface area contributed by atoms with Gasteiger partial charge in [-0.15, -0.1) is 0 Å². The quantitative estimate of drug-likeness (QED) is 0.665. The number of para-hydroxylation sites is 1. The number of benzene rings is 1. The Kier molecular flexibility index (Phi) is 2.19. The molecule has 2 nitrogen and oxygen atoms in total. The van der Waals surface area contributed by atoms with Gasteiger partial charge in [0.1, 0.15) is 0 Å². The molecule has 0 fully saturated rings. The highest BCUT2D eigenvalue weighted by atomic mass is 19.1. The molecular formula is C10H11FO2. The van der Waals surface area contributed by atoms with Gasteiger partial charge in [0, 0.05) is 5.56 Å². The predicted octanol–water partition coefficient (Wildman–Crippen LogP) is 2.03. The molecule has 0 radical (unpaired) electrons. The molecule has 70 valence electrons. The first-order valence-corrected chi connectivity index (χ1v) is 4.38. The fourth-order valence-electron chi connectivity index (χ4n) is 1.55. The summed E-state index contributed by atoms with van der Waals surface area (Å²) in [6.45, 7) is 0.477. The summed E-state index contributed by atoms with van der Waals surface area (Å²) in [5.74, 6) is -0.175. The summed E-state index contributed by atoms with van der Waals surface area (Å²) in [6.07, 6.45) is 0.805. The monoisotopic (exact) mass is 182 g/mol. The van der Waals surface area contributed by atoms with Gasteiger partial charge < -0.3 is 9.84 Å². The second-order valence-electron chi connectivity index (χ2n) is 3.16. The van der Waals surface area contributed by atoms with E-state index in [-0.39, 0.29) is 5.75 Å². The fourth-order valence-corrected chi connectivity index (χ4v) is 1.55. The van der Waals surface area contributed by atoms with E-state index in [0.717, 1.165) is 6.42 Å². The largest absolute Gasteiger partial charge is 0.490 e. The Labute approximate surface area is 76.0 Å². The van der Waals surface area contributed by atoms with E-state index >= 15 is 0 Å². The first kappa shape index (κ1) is 8.51. The standard InChI is InChI=1S/C10H11FO2/c11-8-4-1-3-7-9(12)5-2-6-13-10(7)8/h1,3-4,9,12H,2,5-6H2. The van der Waals surface area contributed by atoms with Crippen LogP contribution in [0.2, 0.25) is 0 Å². The molecule has 0 spiro atoms. The number of aliphatic hydroxyl groups is 1. The fraction of sp³-hybridized carbons (Fsp3) is 0.400. The predicted molar refractivity (Wildman–Crippen MR) is 46.1 cm³/mol. The maximum absolute atomic E-state index is 13.2. The molecule has 1 aromatic carbocycles. The van der Waals surface area contributed by atoms with E-state index in [2.05, 4.69) is 0 Å². The lowest BCUT2D eigenvalue weighted by Crippen LogP contribution is -1.98. The molecule has 0 saturated carbocycles. The van der Waals surface area contributed by atoms with Gasteiger partial charge in [0.25, 0.3) is 0 Å². The van der Waals surface area contributed by atoms with Crippen molar-refractivity contribution in [2.45, 2.75) is 18.9 Å². The van der Waals surface area contributed by atoms with Crippen molar-refractivity contribution < 1.29 is 14.2 Å². The molecule has 1 atom stereocenters. The lowest BCUT2D eigenvalue weighted by atomic mass is 10.1. The van der Waals surface area contributed by atoms with Gasteiger partial charge in [0.15, 0.2) is 11.6 Å². The second-order valence-corrected chi connectivity index (χ2v) is 3.16. The van der Waals surface area contributed by atoms with Crippen LogP contribution in [-0.4, -0.2) is 11.7 Å². The Morgan fingerprint density at radius 2 is 2.31 bits per heavy atom. The van der Waals surface area contributed by atoms with Crippen LogP contribution in [0, 0.1) is 5.82 Å². The molecule has 3 heteroatoms. The summed E-state index contributed by atoms with van der Waals surface area (Å²) >= 11 is 0. The third-order valence-corrected chi connectivity index (χ3v) is 2.22. The van der Waals surface area contributed by atoms with Gasteiger partial charge in [0.2, 0.25) is 0 Å². The zero-order valence-corrected chi connectivity index (χ0v) is 7.16. The van der Waals surface area contributed by atoms with Gasteiger partial charge in [-0.25, -0.2) is 4.39 Å². The molecular weight excluding hydrogens is 171 g/mol. The number of hydrogen-bond acceptors (Lipinski definition) is 2. The lowest BCUT2D eigenvalue weighted by molar-refractivity contribution is 0.167. The number of halogens is 1. The zero-order valence-electron chi connectivity index (χ0n) is 7.16. The highest BCUT2D eigenvalue weighted by Gasteiger charge is 2.19. The van der Waals surface area contributed by atoms with Crippen LogP contribution in [0.4, 0.5) is 4.39 Å². The van der Waals surface area contributed by atoms with E-state index in [4.69, 9.17) is 4.74 Å². The maximum atomic E-state index is 13.2. The van der Waals surface area contributed by atoms with Crippen molar-refractivity contribution in [3.63, 3.8) is 0 Å². The molecule has 1 N–H and O–H groups in total. The van der Waals surface area contributed by atoms with Gasteiger partial charge in [-0.2, -0.15) is 0 Å². The summed E-state index contributed by atoms with van der Waals surface area (Å²) in [4.78, 5) is 0. The van der Waals surface area contributed by atoms with Crippen molar-refractivity contribution >= 4 is 0 Å². The average molecular weight is 182 g/mol. The molecule has 0 amide bonds. The summed E-state index contributed by atoms with van der Waals surface area (Å²) in [7, 11) is 0. The summed E-state index contributed by atoms with van der Waals surface area (Å²) < 4.78 is 18.4. The van der Waals surface area contributed by atoms with E-state index in [1.54, 1.807) is 12.1 Å². The summed E-state index contributed by atoms with van der Waals surface area (Å²) in [5, 5.41) is 9.62. The van der Waals surface area contributed by atoms with Crippen LogP contribution in [0.1, 0.15) is 24.5 Å². The molecule has 0 bridgehead atoms. The van der Waals surface area contributed by atoms with Gasteiger partial charge in [-0.05, 0) is 18.9 Å². The Bertz CT molecular complexity index is 312. The van der Waals surface area contributed by atoms with Crippen LogP contribution in [-0.2, 0) is 0 Å². The van der Waals surface area contributed by atoms with Crippen LogP contribution < -0.4 is 4.74 Å². The van der Waals surface area contributed by atoms with Crippen LogP contribution in [0.5, 0.6) is 5.75 Å². The highest BCUT2D eigenvalue weighted by molar-refractivity contribution is 5.37. The minimum Gasteiger partial charge on any atom is -0.490 e. The van der Waals surface area contributed by atoms with Crippen molar-refractivity contribution in [3.8, 4) is 5.75 Å². The SMILES string of the molecule is OC1CCCOc2c(F)cccc21. The van der Waals surface area contributed by atoms with Gasteiger partial charge in [-0.1, -0.05) is 12.1 Å². The van der Waals surface area contributed by atoms with Crippen LogP contribution in [0.3, 0.4) is 0 Å². The minimum atomic E-state index is -0.590. The molecule has 2 rings (SSSR count). The molecule has 0 saturated heterocycles. The summed E-state index contributed by atoms with van der Waals surface area (Å²) in [6, 6.07) is 4.64. The molecule has 0 aromatic heterocycles. The van der Waals surface area contributed by atoms with Gasteiger partial charge in [0.05, 0.1) is 12.7 Å². The number of aliphatic hydroxyl groups excluding tert-OH is 1. The Morgan fingerprint density at radius 1 is 1.46 bits per heavy atom. The third kappa shape index (κ3) is 1.52. The van der Waals surface area contributed by atoms with Crippen LogP contribution in [0.15, 0.2) is 18.2 Å². The highest BCUT2D eigenvalue weighted by Crippen LogP contribution is 2.32. The Balaban J connectivity index is 2.47. The van der Waals surface area contributed by atoms with E-state index in [1.807, 2.05) is 0 Å². The molecule has 1 aliphatic heterocycles.